The van der Waals surface area contributed by atoms with Gasteiger partial charge >= 0.3 is 0 Å². The molecule has 0 atom stereocenters. The van der Waals surface area contributed by atoms with Crippen LogP contribution in [0.4, 0.5) is 14.5 Å². The van der Waals surface area contributed by atoms with Crippen molar-refractivity contribution in [3.63, 3.8) is 0 Å². The van der Waals surface area contributed by atoms with Gasteiger partial charge in [0.25, 0.3) is 0 Å². The molecule has 0 spiro atoms. The standard InChI is InChI=1S/C22H18F2N4OS/c1-12(2)30-28-18-6-5-17(23)19(20(18)24)21(29)16-11-27-22-15(16)8-14(10-26-22)13-4-3-7-25-9-13/h3-12,28H,1-2H3,(H,26,27). The number of carbonyl (C=O) groups excluding carboxylic acids is 1. The van der Waals surface area contributed by atoms with Crippen molar-refractivity contribution in [2.24, 2.45) is 0 Å². The SMILES string of the molecule is CC(C)SNc1ccc(F)c(C(=O)c2c[nH]c3ncc(-c4cccnc4)cc23)c1F. The highest BCUT2D eigenvalue weighted by atomic mass is 32.2. The maximum Gasteiger partial charge on any atom is 0.201 e. The van der Waals surface area contributed by atoms with Crippen molar-refractivity contribution in [3.8, 4) is 11.1 Å². The zero-order chi connectivity index (χ0) is 21.3. The van der Waals surface area contributed by atoms with Crippen molar-refractivity contribution in [2.75, 3.05) is 4.72 Å². The molecule has 4 rings (SSSR count). The van der Waals surface area contributed by atoms with E-state index in [2.05, 4.69) is 19.7 Å². The molecule has 3 aromatic heterocycles. The first-order valence-corrected chi connectivity index (χ1v) is 10.2. The predicted molar refractivity (Wildman–Crippen MR) is 115 cm³/mol. The summed E-state index contributed by atoms with van der Waals surface area (Å²) in [5, 5.41) is 0.661. The minimum Gasteiger partial charge on any atom is -0.345 e. The van der Waals surface area contributed by atoms with Crippen LogP contribution in [0.25, 0.3) is 22.2 Å². The van der Waals surface area contributed by atoms with E-state index in [-0.39, 0.29) is 16.5 Å². The minimum atomic E-state index is -0.918. The Balaban J connectivity index is 1.78. The van der Waals surface area contributed by atoms with E-state index < -0.39 is 23.0 Å². The molecule has 0 aliphatic rings. The van der Waals surface area contributed by atoms with Crippen LogP contribution in [-0.2, 0) is 0 Å². The van der Waals surface area contributed by atoms with Gasteiger partial charge in [-0.25, -0.2) is 13.8 Å². The predicted octanol–water partition coefficient (Wildman–Crippen LogP) is 5.60. The van der Waals surface area contributed by atoms with Gasteiger partial charge in [-0.3, -0.25) is 9.78 Å². The molecule has 0 saturated heterocycles. The largest absolute Gasteiger partial charge is 0.345 e. The van der Waals surface area contributed by atoms with Gasteiger partial charge in [-0.1, -0.05) is 19.9 Å². The number of fused-ring (bicyclic) bond motifs is 1. The molecule has 3 heterocycles. The minimum absolute atomic E-state index is 0.0625. The number of hydrogen-bond donors (Lipinski definition) is 2. The van der Waals surface area contributed by atoms with Crippen LogP contribution in [-0.4, -0.2) is 26.0 Å². The van der Waals surface area contributed by atoms with E-state index in [1.807, 2.05) is 19.9 Å². The average Bonchev–Trinajstić information content (AvgIpc) is 3.17. The van der Waals surface area contributed by atoms with Crippen molar-refractivity contribution in [1.29, 1.82) is 0 Å². The number of pyridine rings is 2. The van der Waals surface area contributed by atoms with Crippen LogP contribution in [0.1, 0.15) is 29.8 Å². The summed E-state index contributed by atoms with van der Waals surface area (Å²) in [5.41, 5.74) is 1.63. The molecule has 2 N–H and O–H groups in total. The van der Waals surface area contributed by atoms with Gasteiger partial charge in [0.05, 0.1) is 11.3 Å². The monoisotopic (exact) mass is 424 g/mol. The Hall–Kier alpha value is -3.26. The third-order valence-corrected chi connectivity index (χ3v) is 5.30. The van der Waals surface area contributed by atoms with Crippen molar-refractivity contribution in [2.45, 2.75) is 19.1 Å². The Kier molecular flexibility index (Phi) is 5.50. The number of H-pyrrole nitrogens is 1. The molecule has 0 unspecified atom stereocenters. The fourth-order valence-corrected chi connectivity index (χ4v) is 3.56. The number of hydrogen-bond acceptors (Lipinski definition) is 5. The van der Waals surface area contributed by atoms with Gasteiger partial charge in [0.15, 0.2) is 5.82 Å². The van der Waals surface area contributed by atoms with Gasteiger partial charge in [-0.2, -0.15) is 0 Å². The Morgan fingerprint density at radius 3 is 2.73 bits per heavy atom. The third-order valence-electron chi connectivity index (χ3n) is 4.49. The van der Waals surface area contributed by atoms with Crippen molar-refractivity contribution in [1.82, 2.24) is 15.0 Å². The molecule has 0 saturated carbocycles. The summed E-state index contributed by atoms with van der Waals surface area (Å²) in [7, 11) is 0. The summed E-state index contributed by atoms with van der Waals surface area (Å²) < 4.78 is 32.3. The number of aromatic nitrogens is 3. The third kappa shape index (κ3) is 3.78. The second-order valence-electron chi connectivity index (χ2n) is 6.95. The highest BCUT2D eigenvalue weighted by Crippen LogP contribution is 2.30. The molecular weight excluding hydrogens is 406 g/mol. The number of carbonyl (C=O) groups is 1. The maximum atomic E-state index is 15.0. The molecule has 0 fully saturated rings. The van der Waals surface area contributed by atoms with Crippen LogP contribution >= 0.6 is 11.9 Å². The Morgan fingerprint density at radius 1 is 1.17 bits per heavy atom. The lowest BCUT2D eigenvalue weighted by molar-refractivity contribution is 0.103. The number of halogens is 2. The molecule has 0 radical (unpaired) electrons. The second-order valence-corrected chi connectivity index (χ2v) is 8.33. The highest BCUT2D eigenvalue weighted by Gasteiger charge is 2.24. The van der Waals surface area contributed by atoms with Crippen molar-refractivity contribution >= 4 is 34.5 Å². The van der Waals surface area contributed by atoms with Crippen molar-refractivity contribution in [3.05, 3.63) is 77.9 Å². The van der Waals surface area contributed by atoms with Gasteiger partial charge in [0.2, 0.25) is 5.78 Å². The van der Waals surface area contributed by atoms with E-state index in [4.69, 9.17) is 0 Å². The zero-order valence-corrected chi connectivity index (χ0v) is 17.1. The molecule has 152 valence electrons. The van der Waals surface area contributed by atoms with Crippen LogP contribution in [0.3, 0.4) is 0 Å². The van der Waals surface area contributed by atoms with Gasteiger partial charge in [0.1, 0.15) is 11.5 Å². The van der Waals surface area contributed by atoms with Gasteiger partial charge in [-0.05, 0) is 36.2 Å². The number of rotatable bonds is 6. The fourth-order valence-electron chi connectivity index (χ4n) is 3.04. The molecule has 0 amide bonds. The van der Waals surface area contributed by atoms with Crippen LogP contribution < -0.4 is 4.72 Å². The van der Waals surface area contributed by atoms with Gasteiger partial charge in [0, 0.05) is 52.1 Å². The summed E-state index contributed by atoms with van der Waals surface area (Å²) in [5.74, 6) is -2.58. The number of benzene rings is 1. The summed E-state index contributed by atoms with van der Waals surface area (Å²) in [6, 6.07) is 7.80. The summed E-state index contributed by atoms with van der Waals surface area (Å²) >= 11 is 1.28. The van der Waals surface area contributed by atoms with Crippen LogP contribution in [0.5, 0.6) is 0 Å². The van der Waals surface area contributed by atoms with E-state index in [1.54, 1.807) is 30.7 Å². The van der Waals surface area contributed by atoms with E-state index in [0.29, 0.717) is 11.0 Å². The summed E-state index contributed by atoms with van der Waals surface area (Å²) in [6.07, 6.45) is 6.41. The maximum absolute atomic E-state index is 15.0. The number of anilines is 1. The van der Waals surface area contributed by atoms with E-state index in [1.165, 1.54) is 24.2 Å². The smallest absolute Gasteiger partial charge is 0.201 e. The molecule has 1 aromatic carbocycles. The molecule has 0 bridgehead atoms. The van der Waals surface area contributed by atoms with Crippen LogP contribution in [0.15, 0.2) is 55.1 Å². The van der Waals surface area contributed by atoms with E-state index >= 15 is 0 Å². The number of aromatic amines is 1. The Morgan fingerprint density at radius 2 is 2.00 bits per heavy atom. The topological polar surface area (TPSA) is 70.7 Å². The van der Waals surface area contributed by atoms with Crippen LogP contribution in [0, 0.1) is 11.6 Å². The lowest BCUT2D eigenvalue weighted by Crippen LogP contribution is -2.09. The fraction of sp³-hybridized carbons (Fsp3) is 0.136. The first-order chi connectivity index (χ1) is 14.5. The van der Waals surface area contributed by atoms with E-state index in [0.717, 1.165) is 17.2 Å². The molecule has 8 heteroatoms. The highest BCUT2D eigenvalue weighted by molar-refractivity contribution is 8.01. The summed E-state index contributed by atoms with van der Waals surface area (Å²) in [6.45, 7) is 3.87. The molecule has 30 heavy (non-hydrogen) atoms. The zero-order valence-electron chi connectivity index (χ0n) is 16.2. The first-order valence-electron chi connectivity index (χ1n) is 9.27. The molecule has 5 nitrogen and oxygen atoms in total. The lowest BCUT2D eigenvalue weighted by Gasteiger charge is -2.12. The molecular formula is C22H18F2N4OS. The Labute approximate surface area is 176 Å². The Bertz CT molecular complexity index is 1220. The van der Waals surface area contributed by atoms with Gasteiger partial charge < -0.3 is 9.71 Å². The lowest BCUT2D eigenvalue weighted by atomic mass is 10.00. The molecule has 0 aliphatic heterocycles. The van der Waals surface area contributed by atoms with Crippen molar-refractivity contribution < 1.29 is 13.6 Å². The number of nitrogens with one attached hydrogen (secondary N) is 2. The number of ketones is 1. The molecule has 4 aromatic rings. The quantitative estimate of drug-likeness (QED) is 0.311. The van der Waals surface area contributed by atoms with Crippen LogP contribution in [0.2, 0.25) is 0 Å². The first kappa shape index (κ1) is 20.0. The average molecular weight is 424 g/mol. The van der Waals surface area contributed by atoms with Gasteiger partial charge in [-0.15, -0.1) is 0 Å². The second kappa shape index (κ2) is 8.23. The molecule has 0 aliphatic carbocycles. The number of nitrogens with zero attached hydrogens (tertiary/aromatic N) is 2. The van der Waals surface area contributed by atoms with E-state index in [9.17, 15) is 13.6 Å². The normalized spacial score (nSPS) is 11.2. The summed E-state index contributed by atoms with van der Waals surface area (Å²) in [4.78, 5) is 24.4.